The number of fused-ring (bicyclic) bond motifs is 1. The second kappa shape index (κ2) is 7.94. The molecule has 0 spiro atoms. The fourth-order valence-electron chi connectivity index (χ4n) is 2.59. The van der Waals surface area contributed by atoms with Crippen molar-refractivity contribution >= 4 is 11.6 Å². The van der Waals surface area contributed by atoms with Gasteiger partial charge in [0.15, 0.2) is 0 Å². The van der Waals surface area contributed by atoms with Gasteiger partial charge in [-0.15, -0.1) is 0 Å². The number of benzene rings is 1. The largest absolute Gasteiger partial charge is 0.435 e. The summed E-state index contributed by atoms with van der Waals surface area (Å²) in [6.45, 7) is -0.742. The molecule has 2 heterocycles. The first kappa shape index (κ1) is 18.5. The maximum atomic E-state index is 12.5. The normalized spacial score (nSPS) is 11.0. The topological polar surface area (TPSA) is 72.7 Å². The van der Waals surface area contributed by atoms with Gasteiger partial charge >= 0.3 is 6.61 Å². The number of carbonyl (C=O) groups excluding carboxylic acids is 1. The lowest BCUT2D eigenvalue weighted by atomic mass is 10.1. The Morgan fingerprint density at radius 1 is 1.22 bits per heavy atom. The predicted octanol–water partition coefficient (Wildman–Crippen LogP) is 2.58. The van der Waals surface area contributed by atoms with E-state index in [1.165, 1.54) is 22.7 Å². The fourth-order valence-corrected chi connectivity index (χ4v) is 2.59. The van der Waals surface area contributed by atoms with E-state index in [9.17, 15) is 18.4 Å². The van der Waals surface area contributed by atoms with Gasteiger partial charge in [-0.2, -0.15) is 8.78 Å². The standard InChI is InChI=1S/C19H17F2N3O3/c1-12-2-7-16-23-10-15(18(26)24(16)11-12)17(25)22-9-8-13-3-5-14(6-4-13)27-19(20)21/h2-7,10-11,19H,8-9H2,1H3,(H,22,25). The molecule has 0 aliphatic carbocycles. The number of alkyl halides is 2. The van der Waals surface area contributed by atoms with Crippen molar-refractivity contribution in [3.8, 4) is 5.75 Å². The van der Waals surface area contributed by atoms with Crippen molar-refractivity contribution in [2.24, 2.45) is 0 Å². The highest BCUT2D eigenvalue weighted by Gasteiger charge is 2.13. The van der Waals surface area contributed by atoms with Crippen LogP contribution >= 0.6 is 0 Å². The van der Waals surface area contributed by atoms with E-state index in [4.69, 9.17) is 0 Å². The van der Waals surface area contributed by atoms with Crippen LogP contribution in [0.2, 0.25) is 0 Å². The second-order valence-corrected chi connectivity index (χ2v) is 5.94. The lowest BCUT2D eigenvalue weighted by molar-refractivity contribution is -0.0498. The number of nitrogens with zero attached hydrogens (tertiary/aromatic N) is 2. The van der Waals surface area contributed by atoms with E-state index in [0.717, 1.165) is 11.1 Å². The number of aromatic nitrogens is 2. The van der Waals surface area contributed by atoms with Gasteiger partial charge in [0, 0.05) is 18.9 Å². The third-order valence-electron chi connectivity index (χ3n) is 3.94. The van der Waals surface area contributed by atoms with Crippen molar-refractivity contribution in [2.45, 2.75) is 20.0 Å². The van der Waals surface area contributed by atoms with Crippen LogP contribution in [-0.4, -0.2) is 28.4 Å². The van der Waals surface area contributed by atoms with Crippen LogP contribution in [0.4, 0.5) is 8.78 Å². The molecule has 0 aliphatic heterocycles. The van der Waals surface area contributed by atoms with Gasteiger partial charge in [-0.05, 0) is 42.7 Å². The summed E-state index contributed by atoms with van der Waals surface area (Å²) in [5, 5.41) is 2.67. The van der Waals surface area contributed by atoms with Crippen LogP contribution in [0.25, 0.3) is 5.65 Å². The molecule has 27 heavy (non-hydrogen) atoms. The molecule has 3 rings (SSSR count). The Kier molecular flexibility index (Phi) is 5.44. The molecular weight excluding hydrogens is 356 g/mol. The first-order valence-electron chi connectivity index (χ1n) is 8.24. The molecule has 0 fully saturated rings. The van der Waals surface area contributed by atoms with Gasteiger partial charge in [-0.1, -0.05) is 18.2 Å². The monoisotopic (exact) mass is 373 g/mol. The van der Waals surface area contributed by atoms with Gasteiger partial charge in [0.25, 0.3) is 11.5 Å². The van der Waals surface area contributed by atoms with E-state index in [1.54, 1.807) is 24.4 Å². The summed E-state index contributed by atoms with van der Waals surface area (Å²) in [5.74, 6) is -0.440. The van der Waals surface area contributed by atoms with Gasteiger partial charge in [0.05, 0.1) is 0 Å². The second-order valence-electron chi connectivity index (χ2n) is 5.94. The summed E-state index contributed by atoms with van der Waals surface area (Å²) >= 11 is 0. The van der Waals surface area contributed by atoms with E-state index >= 15 is 0 Å². The Morgan fingerprint density at radius 3 is 2.67 bits per heavy atom. The van der Waals surface area contributed by atoms with Crippen LogP contribution in [0.5, 0.6) is 5.75 Å². The van der Waals surface area contributed by atoms with Crippen molar-refractivity contribution in [3.63, 3.8) is 0 Å². The molecule has 0 saturated heterocycles. The van der Waals surface area contributed by atoms with E-state index in [-0.39, 0.29) is 17.9 Å². The summed E-state index contributed by atoms with van der Waals surface area (Å²) in [4.78, 5) is 28.9. The number of aryl methyl sites for hydroxylation is 1. The van der Waals surface area contributed by atoms with Gasteiger partial charge in [0.1, 0.15) is 17.0 Å². The number of halogens is 2. The molecule has 1 aromatic carbocycles. The lowest BCUT2D eigenvalue weighted by Crippen LogP contribution is -2.32. The number of rotatable bonds is 6. The van der Waals surface area contributed by atoms with Crippen LogP contribution in [-0.2, 0) is 6.42 Å². The van der Waals surface area contributed by atoms with Crippen molar-refractivity contribution in [1.29, 1.82) is 0 Å². The fraction of sp³-hybridized carbons (Fsp3) is 0.211. The van der Waals surface area contributed by atoms with Gasteiger partial charge in [-0.25, -0.2) is 4.98 Å². The van der Waals surface area contributed by atoms with Crippen molar-refractivity contribution in [1.82, 2.24) is 14.7 Å². The molecule has 0 radical (unpaired) electrons. The van der Waals surface area contributed by atoms with E-state index < -0.39 is 18.1 Å². The number of nitrogens with one attached hydrogen (secondary N) is 1. The summed E-state index contributed by atoms with van der Waals surface area (Å²) in [6, 6.07) is 9.69. The maximum absolute atomic E-state index is 12.5. The highest BCUT2D eigenvalue weighted by Crippen LogP contribution is 2.15. The summed E-state index contributed by atoms with van der Waals surface area (Å²) < 4.78 is 29.9. The number of carbonyl (C=O) groups is 1. The molecule has 2 aromatic heterocycles. The Hall–Kier alpha value is -3.29. The minimum absolute atomic E-state index is 0.0428. The molecule has 8 heteroatoms. The number of hydrogen-bond donors (Lipinski definition) is 1. The smallest absolute Gasteiger partial charge is 0.387 e. The highest BCUT2D eigenvalue weighted by molar-refractivity contribution is 5.93. The Bertz CT molecular complexity index is 1020. The van der Waals surface area contributed by atoms with E-state index in [1.807, 2.05) is 13.0 Å². The molecule has 1 amide bonds. The molecule has 0 atom stereocenters. The molecule has 1 N–H and O–H groups in total. The molecule has 0 aliphatic rings. The maximum Gasteiger partial charge on any atom is 0.387 e. The molecule has 140 valence electrons. The zero-order valence-electron chi connectivity index (χ0n) is 14.5. The lowest BCUT2D eigenvalue weighted by Gasteiger charge is -2.08. The first-order chi connectivity index (χ1) is 12.9. The average molecular weight is 373 g/mol. The van der Waals surface area contributed by atoms with Crippen molar-refractivity contribution < 1.29 is 18.3 Å². The van der Waals surface area contributed by atoms with Crippen molar-refractivity contribution in [2.75, 3.05) is 6.54 Å². The van der Waals surface area contributed by atoms with Gasteiger partial charge in [-0.3, -0.25) is 14.0 Å². The van der Waals surface area contributed by atoms with Crippen LogP contribution in [0.3, 0.4) is 0 Å². The molecule has 6 nitrogen and oxygen atoms in total. The van der Waals surface area contributed by atoms with Gasteiger partial charge in [0.2, 0.25) is 0 Å². The zero-order chi connectivity index (χ0) is 19.4. The van der Waals surface area contributed by atoms with Crippen LogP contribution in [0.15, 0.2) is 53.6 Å². The molecule has 0 saturated carbocycles. The average Bonchev–Trinajstić information content (AvgIpc) is 2.63. The number of hydrogen-bond acceptors (Lipinski definition) is 4. The zero-order valence-corrected chi connectivity index (χ0v) is 14.5. The van der Waals surface area contributed by atoms with E-state index in [2.05, 4.69) is 15.0 Å². The molecular formula is C19H17F2N3O3. The van der Waals surface area contributed by atoms with Crippen molar-refractivity contribution in [3.05, 3.63) is 75.8 Å². The minimum Gasteiger partial charge on any atom is -0.435 e. The number of ether oxygens (including phenoxy) is 1. The predicted molar refractivity (Wildman–Crippen MR) is 95.3 cm³/mol. The van der Waals surface area contributed by atoms with Crippen LogP contribution in [0, 0.1) is 6.92 Å². The Labute approximate surface area is 153 Å². The summed E-state index contributed by atoms with van der Waals surface area (Å²) in [5.41, 5.74) is 1.70. The Balaban J connectivity index is 1.63. The molecule has 3 aromatic rings. The third kappa shape index (κ3) is 4.46. The summed E-state index contributed by atoms with van der Waals surface area (Å²) in [7, 11) is 0. The third-order valence-corrected chi connectivity index (χ3v) is 3.94. The SMILES string of the molecule is Cc1ccc2ncc(C(=O)NCCc3ccc(OC(F)F)cc3)c(=O)n2c1. The number of pyridine rings is 1. The van der Waals surface area contributed by atoms with Crippen LogP contribution < -0.4 is 15.6 Å². The first-order valence-corrected chi connectivity index (χ1v) is 8.24. The van der Waals surface area contributed by atoms with Crippen LogP contribution in [0.1, 0.15) is 21.5 Å². The highest BCUT2D eigenvalue weighted by atomic mass is 19.3. The Morgan fingerprint density at radius 2 is 1.96 bits per heavy atom. The summed E-state index contributed by atoms with van der Waals surface area (Å²) in [6.07, 6.45) is 3.37. The quantitative estimate of drug-likeness (QED) is 0.721. The molecule has 0 unspecified atom stereocenters. The van der Waals surface area contributed by atoms with Gasteiger partial charge < -0.3 is 10.1 Å². The minimum atomic E-state index is -2.87. The number of amides is 1. The molecule has 0 bridgehead atoms. The van der Waals surface area contributed by atoms with E-state index in [0.29, 0.717) is 12.1 Å².